The van der Waals surface area contributed by atoms with E-state index in [1.54, 1.807) is 15.1 Å². The molecule has 1 aromatic carbocycles. The summed E-state index contributed by atoms with van der Waals surface area (Å²) in [5, 5.41) is 24.9. The number of rotatable bonds is 8. The molecule has 0 unspecified atom stereocenters. The molecule has 0 spiro atoms. The molecule has 0 fully saturated rings. The standard InChI is InChI=1S/C24H27IN4O3/c1-15-5-4-6-18(9-15)21(14-31)28-24(32)22-10-19(13-29(22)25)20-11-23(26-12-16(20)2)27-17(3)7-8-30/h4-13,17,21,30-31H,14H2,1-3H3,(H,26,27)(H,28,32)/t17-,21+/m0/s1. The molecule has 2 heterocycles. The highest BCUT2D eigenvalue weighted by molar-refractivity contribution is 14.1. The van der Waals surface area contributed by atoms with Crippen LogP contribution in [0.5, 0.6) is 0 Å². The monoisotopic (exact) mass is 546 g/mol. The average molecular weight is 546 g/mol. The van der Waals surface area contributed by atoms with Crippen LogP contribution in [0.3, 0.4) is 0 Å². The van der Waals surface area contributed by atoms with Gasteiger partial charge in [-0.25, -0.2) is 4.98 Å². The van der Waals surface area contributed by atoms with E-state index < -0.39 is 6.04 Å². The van der Waals surface area contributed by atoms with Crippen molar-refractivity contribution < 1.29 is 15.0 Å². The minimum atomic E-state index is -0.489. The van der Waals surface area contributed by atoms with Crippen LogP contribution in [0.4, 0.5) is 5.82 Å². The van der Waals surface area contributed by atoms with Crippen molar-refractivity contribution in [1.29, 1.82) is 0 Å². The van der Waals surface area contributed by atoms with E-state index in [4.69, 9.17) is 5.11 Å². The lowest BCUT2D eigenvalue weighted by Gasteiger charge is -2.17. The van der Waals surface area contributed by atoms with Gasteiger partial charge in [0.15, 0.2) is 0 Å². The summed E-state index contributed by atoms with van der Waals surface area (Å²) in [4.78, 5) is 17.4. The molecule has 0 aliphatic carbocycles. The number of aliphatic hydroxyl groups excluding tert-OH is 2. The summed E-state index contributed by atoms with van der Waals surface area (Å²) in [5.41, 5.74) is 5.21. The second-order valence-electron chi connectivity index (χ2n) is 7.71. The molecule has 1 amide bonds. The van der Waals surface area contributed by atoms with Gasteiger partial charge in [0.25, 0.3) is 5.91 Å². The summed E-state index contributed by atoms with van der Waals surface area (Å²) in [5.74, 6) is 0.404. The highest BCUT2D eigenvalue weighted by atomic mass is 127. The SMILES string of the molecule is Cc1cccc([C@@H](CO)NC(=O)c2cc(-c3cc(N[C@@H](C)C=CO)ncc3C)cn2I)c1. The molecule has 4 N–H and O–H groups in total. The van der Waals surface area contributed by atoms with Crippen molar-refractivity contribution in [3.05, 3.63) is 83.5 Å². The minimum Gasteiger partial charge on any atom is -0.516 e. The fourth-order valence-electron chi connectivity index (χ4n) is 3.43. The van der Waals surface area contributed by atoms with Gasteiger partial charge in [-0.15, -0.1) is 0 Å². The smallest absolute Gasteiger partial charge is 0.269 e. The maximum absolute atomic E-state index is 13.0. The first-order valence-corrected chi connectivity index (χ1v) is 11.2. The number of carbonyl (C=O) groups excluding carboxylic acids is 1. The molecule has 3 aromatic rings. The van der Waals surface area contributed by atoms with E-state index in [1.807, 2.05) is 63.4 Å². The molecule has 3 rings (SSSR count). The number of aliphatic hydroxyl groups is 2. The Morgan fingerprint density at radius 3 is 2.75 bits per heavy atom. The van der Waals surface area contributed by atoms with Crippen LogP contribution in [-0.4, -0.2) is 36.5 Å². The van der Waals surface area contributed by atoms with Crippen molar-refractivity contribution in [2.45, 2.75) is 32.9 Å². The van der Waals surface area contributed by atoms with Crippen molar-refractivity contribution >= 4 is 34.6 Å². The van der Waals surface area contributed by atoms with Crippen LogP contribution in [0.25, 0.3) is 11.1 Å². The highest BCUT2D eigenvalue weighted by Gasteiger charge is 2.19. The van der Waals surface area contributed by atoms with Crippen LogP contribution in [0.1, 0.15) is 40.1 Å². The van der Waals surface area contributed by atoms with Gasteiger partial charge in [-0.1, -0.05) is 29.8 Å². The number of pyridine rings is 1. The number of aromatic nitrogens is 2. The van der Waals surface area contributed by atoms with Crippen LogP contribution in [0.15, 0.2) is 61.1 Å². The number of anilines is 1. The first kappa shape index (κ1) is 23.8. The van der Waals surface area contributed by atoms with E-state index >= 15 is 0 Å². The molecular formula is C24H27IN4O3. The highest BCUT2D eigenvalue weighted by Crippen LogP contribution is 2.29. The molecule has 7 nitrogen and oxygen atoms in total. The van der Waals surface area contributed by atoms with Gasteiger partial charge in [-0.3, -0.25) is 7.58 Å². The second-order valence-corrected chi connectivity index (χ2v) is 8.75. The van der Waals surface area contributed by atoms with Gasteiger partial charge in [0.1, 0.15) is 11.5 Å². The summed E-state index contributed by atoms with van der Waals surface area (Å²) < 4.78 is 1.75. The Morgan fingerprint density at radius 2 is 2.06 bits per heavy atom. The third-order valence-corrected chi connectivity index (χ3v) is 5.90. The zero-order valence-corrected chi connectivity index (χ0v) is 20.4. The quantitative estimate of drug-likeness (QED) is 0.243. The van der Waals surface area contributed by atoms with E-state index in [0.29, 0.717) is 11.5 Å². The maximum Gasteiger partial charge on any atom is 0.269 e. The molecule has 0 aliphatic rings. The van der Waals surface area contributed by atoms with Gasteiger partial charge in [-0.2, -0.15) is 0 Å². The fraction of sp³-hybridized carbons (Fsp3) is 0.250. The molecule has 2 atom stereocenters. The minimum absolute atomic E-state index is 0.0874. The molecule has 0 bridgehead atoms. The molecule has 0 radical (unpaired) electrons. The summed E-state index contributed by atoms with van der Waals surface area (Å²) in [6.07, 6.45) is 6.29. The predicted molar refractivity (Wildman–Crippen MR) is 135 cm³/mol. The normalized spacial score (nSPS) is 13.2. The van der Waals surface area contributed by atoms with E-state index in [0.717, 1.165) is 34.1 Å². The van der Waals surface area contributed by atoms with Gasteiger partial charge in [-0.05, 0) is 55.7 Å². The van der Waals surface area contributed by atoms with Gasteiger partial charge >= 0.3 is 0 Å². The topological polar surface area (TPSA) is 99.4 Å². The molecule has 0 aliphatic heterocycles. The van der Waals surface area contributed by atoms with Crippen molar-refractivity contribution in [1.82, 2.24) is 13.1 Å². The van der Waals surface area contributed by atoms with Crippen LogP contribution in [-0.2, 0) is 0 Å². The number of benzene rings is 1. The largest absolute Gasteiger partial charge is 0.516 e. The number of hydrogen-bond donors (Lipinski definition) is 4. The summed E-state index contributed by atoms with van der Waals surface area (Å²) in [7, 11) is 0. The summed E-state index contributed by atoms with van der Waals surface area (Å²) >= 11 is 2.08. The van der Waals surface area contributed by atoms with Crippen molar-refractivity contribution in [2.24, 2.45) is 0 Å². The van der Waals surface area contributed by atoms with Gasteiger partial charge < -0.3 is 20.8 Å². The lowest BCUT2D eigenvalue weighted by atomic mass is 10.0. The molecule has 168 valence electrons. The Labute approximate surface area is 201 Å². The molecule has 32 heavy (non-hydrogen) atoms. The average Bonchev–Trinajstić information content (AvgIpc) is 3.15. The van der Waals surface area contributed by atoms with Crippen LogP contribution >= 0.6 is 22.9 Å². The second kappa shape index (κ2) is 10.6. The molecule has 0 saturated heterocycles. The number of halogens is 1. The van der Waals surface area contributed by atoms with E-state index in [1.165, 1.54) is 0 Å². The summed E-state index contributed by atoms with van der Waals surface area (Å²) in [6, 6.07) is 10.9. The number of amides is 1. The number of carbonyl (C=O) groups is 1. The molecule has 8 heteroatoms. The maximum atomic E-state index is 13.0. The third kappa shape index (κ3) is 5.68. The van der Waals surface area contributed by atoms with E-state index in [9.17, 15) is 9.90 Å². The summed E-state index contributed by atoms with van der Waals surface area (Å²) in [6.45, 7) is 5.66. The van der Waals surface area contributed by atoms with Crippen molar-refractivity contribution in [3.8, 4) is 11.1 Å². The lowest BCUT2D eigenvalue weighted by Crippen LogP contribution is -2.31. The van der Waals surface area contributed by atoms with Crippen LogP contribution in [0, 0.1) is 13.8 Å². The van der Waals surface area contributed by atoms with E-state index in [2.05, 4.69) is 38.5 Å². The zero-order chi connectivity index (χ0) is 23.3. The number of nitrogens with zero attached hydrogens (tertiary/aromatic N) is 2. The first-order valence-electron chi connectivity index (χ1n) is 10.2. The van der Waals surface area contributed by atoms with Gasteiger partial charge in [0.05, 0.1) is 41.8 Å². The Morgan fingerprint density at radius 1 is 1.28 bits per heavy atom. The number of aryl methyl sites for hydroxylation is 2. The Kier molecular flexibility index (Phi) is 7.92. The predicted octanol–water partition coefficient (Wildman–Crippen LogP) is 4.70. The Hall–Kier alpha value is -2.85. The van der Waals surface area contributed by atoms with E-state index in [-0.39, 0.29) is 18.6 Å². The number of nitrogens with one attached hydrogen (secondary N) is 2. The van der Waals surface area contributed by atoms with Gasteiger partial charge in [0, 0.05) is 24.0 Å². The lowest BCUT2D eigenvalue weighted by molar-refractivity contribution is 0.0911. The Balaban J connectivity index is 1.84. The third-order valence-electron chi connectivity index (χ3n) is 5.10. The van der Waals surface area contributed by atoms with Gasteiger partial charge in [0.2, 0.25) is 0 Å². The Bertz CT molecular complexity index is 1130. The molecular weight excluding hydrogens is 519 g/mol. The number of hydrogen-bond acceptors (Lipinski definition) is 5. The van der Waals surface area contributed by atoms with Crippen molar-refractivity contribution in [2.75, 3.05) is 11.9 Å². The van der Waals surface area contributed by atoms with Crippen molar-refractivity contribution in [3.63, 3.8) is 0 Å². The molecule has 0 saturated carbocycles. The zero-order valence-electron chi connectivity index (χ0n) is 18.2. The fourth-order valence-corrected chi connectivity index (χ4v) is 4.08. The molecule has 2 aromatic heterocycles. The van der Waals surface area contributed by atoms with Crippen LogP contribution in [0.2, 0.25) is 0 Å². The first-order chi connectivity index (χ1) is 15.3. The van der Waals surface area contributed by atoms with Crippen LogP contribution < -0.4 is 10.6 Å².